The van der Waals surface area contributed by atoms with Gasteiger partial charge in [-0.3, -0.25) is 14.9 Å². The van der Waals surface area contributed by atoms with Gasteiger partial charge in [-0.1, -0.05) is 11.6 Å². The lowest BCUT2D eigenvalue weighted by molar-refractivity contribution is 0.102. The summed E-state index contributed by atoms with van der Waals surface area (Å²) in [5.41, 5.74) is -0.0284. The van der Waals surface area contributed by atoms with Crippen molar-refractivity contribution in [3.63, 3.8) is 0 Å². The first-order chi connectivity index (χ1) is 9.08. The minimum absolute atomic E-state index is 0.0144. The number of carbonyl (C=O) groups excluding carboxylic acids is 1. The van der Waals surface area contributed by atoms with E-state index in [0.29, 0.717) is 0 Å². The molecule has 2 aromatic rings. The Hall–Kier alpha value is -2.41. The lowest BCUT2D eigenvalue weighted by Crippen LogP contribution is -2.16. The number of amides is 1. The summed E-state index contributed by atoms with van der Waals surface area (Å²) in [6.07, 6.45) is 1.29. The second-order valence-corrected chi connectivity index (χ2v) is 3.84. The third kappa shape index (κ3) is 3.29. The Morgan fingerprint density at radius 2 is 2.21 bits per heavy atom. The number of pyridine rings is 1. The summed E-state index contributed by atoms with van der Waals surface area (Å²) in [6, 6.07) is 4.04. The summed E-state index contributed by atoms with van der Waals surface area (Å²) in [6.45, 7) is 0. The van der Waals surface area contributed by atoms with Gasteiger partial charge in [0.1, 0.15) is 5.15 Å². The van der Waals surface area contributed by atoms with Crippen molar-refractivity contribution in [3.05, 3.63) is 45.5 Å². The summed E-state index contributed by atoms with van der Waals surface area (Å²) in [5, 5.41) is 2.59. The molecular weight excluding hydrogens is 272 g/mol. The van der Waals surface area contributed by atoms with E-state index >= 15 is 0 Å². The quantitative estimate of drug-likeness (QED) is 0.820. The average molecular weight is 281 g/mol. The van der Waals surface area contributed by atoms with Gasteiger partial charge in [0.25, 0.3) is 5.91 Å². The molecule has 1 amide bonds. The Morgan fingerprint density at radius 1 is 1.42 bits per heavy atom. The molecule has 19 heavy (non-hydrogen) atoms. The zero-order valence-corrected chi connectivity index (χ0v) is 10.6. The highest BCUT2D eigenvalue weighted by atomic mass is 35.5. The van der Waals surface area contributed by atoms with Gasteiger partial charge in [0.05, 0.1) is 12.7 Å². The summed E-state index contributed by atoms with van der Waals surface area (Å²) in [4.78, 5) is 32.9. The fourth-order valence-electron chi connectivity index (χ4n) is 1.28. The molecule has 0 aliphatic carbocycles. The smallest absolute Gasteiger partial charge is 0.259 e. The van der Waals surface area contributed by atoms with Crippen LogP contribution in [0.15, 0.2) is 29.2 Å². The molecule has 0 saturated heterocycles. The summed E-state index contributed by atoms with van der Waals surface area (Å²) >= 11 is 5.75. The first-order valence-electron chi connectivity index (χ1n) is 5.17. The number of H-pyrrole nitrogens is 1. The van der Waals surface area contributed by atoms with Crippen LogP contribution in [0, 0.1) is 0 Å². The number of anilines is 1. The molecule has 0 aliphatic rings. The van der Waals surface area contributed by atoms with Crippen molar-refractivity contribution in [3.8, 4) is 5.88 Å². The van der Waals surface area contributed by atoms with Gasteiger partial charge in [-0.15, -0.1) is 0 Å². The predicted octanol–water partition coefficient (Wildman–Crippen LogP) is 1.08. The molecule has 0 spiro atoms. The molecule has 0 aromatic carbocycles. The maximum atomic E-state index is 11.8. The summed E-state index contributed by atoms with van der Waals surface area (Å²) < 4.78 is 4.90. The van der Waals surface area contributed by atoms with Crippen molar-refractivity contribution in [1.82, 2.24) is 15.0 Å². The van der Waals surface area contributed by atoms with E-state index in [9.17, 15) is 9.59 Å². The number of rotatable bonds is 3. The number of halogens is 1. The standard InChI is InChI=1S/C11H9ClN4O3/c1-19-9-4-7(12)14-11(15-9)16-10(18)6-2-3-8(17)13-5-6/h2-5H,1H3,(H,13,17)(H,14,15,16,18). The number of ether oxygens (including phenoxy) is 1. The highest BCUT2D eigenvalue weighted by Crippen LogP contribution is 2.16. The number of aromatic amines is 1. The highest BCUT2D eigenvalue weighted by molar-refractivity contribution is 6.29. The van der Waals surface area contributed by atoms with E-state index in [1.807, 2.05) is 0 Å². The van der Waals surface area contributed by atoms with Crippen molar-refractivity contribution < 1.29 is 9.53 Å². The fraction of sp³-hybridized carbons (Fsp3) is 0.0909. The lowest BCUT2D eigenvalue weighted by Gasteiger charge is -2.05. The number of methoxy groups -OCH3 is 1. The van der Waals surface area contributed by atoms with Crippen LogP contribution in [0.1, 0.15) is 10.4 Å². The van der Waals surface area contributed by atoms with E-state index in [-0.39, 0.29) is 28.1 Å². The molecule has 0 aliphatic heterocycles. The average Bonchev–Trinajstić information content (AvgIpc) is 2.38. The molecule has 2 heterocycles. The Bertz CT molecular complexity index is 651. The fourth-order valence-corrected chi connectivity index (χ4v) is 1.46. The molecule has 0 unspecified atom stereocenters. The van der Waals surface area contributed by atoms with Gasteiger partial charge in [0, 0.05) is 18.3 Å². The summed E-state index contributed by atoms with van der Waals surface area (Å²) in [7, 11) is 1.42. The lowest BCUT2D eigenvalue weighted by atomic mass is 10.3. The Balaban J connectivity index is 2.21. The van der Waals surface area contributed by atoms with Crippen LogP contribution in [-0.2, 0) is 0 Å². The van der Waals surface area contributed by atoms with E-state index in [0.717, 1.165) is 0 Å². The van der Waals surface area contributed by atoms with Crippen LogP contribution < -0.4 is 15.6 Å². The minimum atomic E-state index is -0.472. The van der Waals surface area contributed by atoms with Crippen molar-refractivity contribution in [2.45, 2.75) is 0 Å². The molecule has 2 rings (SSSR count). The molecule has 0 saturated carbocycles. The second kappa shape index (κ2) is 5.49. The first kappa shape index (κ1) is 13.0. The molecular formula is C11H9ClN4O3. The van der Waals surface area contributed by atoms with Gasteiger partial charge in [-0.05, 0) is 6.07 Å². The van der Waals surface area contributed by atoms with Crippen molar-refractivity contribution >= 4 is 23.5 Å². The number of hydrogen-bond donors (Lipinski definition) is 2. The maximum absolute atomic E-state index is 11.8. The first-order valence-corrected chi connectivity index (χ1v) is 5.55. The largest absolute Gasteiger partial charge is 0.481 e. The molecule has 7 nitrogen and oxygen atoms in total. The van der Waals surface area contributed by atoms with Crippen LogP contribution in [0.3, 0.4) is 0 Å². The van der Waals surface area contributed by atoms with Crippen LogP contribution in [0.5, 0.6) is 5.88 Å². The van der Waals surface area contributed by atoms with Crippen LogP contribution >= 0.6 is 11.6 Å². The Kier molecular flexibility index (Phi) is 3.76. The highest BCUT2D eigenvalue weighted by Gasteiger charge is 2.10. The third-order valence-electron chi connectivity index (χ3n) is 2.15. The molecule has 0 bridgehead atoms. The zero-order chi connectivity index (χ0) is 13.8. The van der Waals surface area contributed by atoms with Crippen LogP contribution in [0.4, 0.5) is 5.95 Å². The molecule has 2 aromatic heterocycles. The molecule has 2 N–H and O–H groups in total. The number of nitrogens with zero attached hydrogens (tertiary/aromatic N) is 2. The van der Waals surface area contributed by atoms with E-state index < -0.39 is 5.91 Å². The van der Waals surface area contributed by atoms with E-state index in [1.165, 1.54) is 31.5 Å². The normalized spacial score (nSPS) is 10.0. The monoisotopic (exact) mass is 280 g/mol. The molecule has 98 valence electrons. The van der Waals surface area contributed by atoms with Crippen LogP contribution in [0.25, 0.3) is 0 Å². The Labute approximate surface area is 112 Å². The van der Waals surface area contributed by atoms with Gasteiger partial charge in [0.2, 0.25) is 17.4 Å². The van der Waals surface area contributed by atoms with Crippen molar-refractivity contribution in [2.75, 3.05) is 12.4 Å². The van der Waals surface area contributed by atoms with E-state index in [2.05, 4.69) is 20.3 Å². The van der Waals surface area contributed by atoms with Gasteiger partial charge in [-0.2, -0.15) is 4.98 Å². The molecule has 8 heteroatoms. The maximum Gasteiger partial charge on any atom is 0.259 e. The van der Waals surface area contributed by atoms with Crippen LogP contribution in [-0.4, -0.2) is 28.0 Å². The Morgan fingerprint density at radius 3 is 2.84 bits per heavy atom. The minimum Gasteiger partial charge on any atom is -0.481 e. The summed E-state index contributed by atoms with van der Waals surface area (Å²) in [5.74, 6) is -0.224. The van der Waals surface area contributed by atoms with Crippen LogP contribution in [0.2, 0.25) is 5.15 Å². The second-order valence-electron chi connectivity index (χ2n) is 3.45. The third-order valence-corrected chi connectivity index (χ3v) is 2.35. The molecule has 0 fully saturated rings. The van der Waals surface area contributed by atoms with Gasteiger partial charge < -0.3 is 9.72 Å². The topological polar surface area (TPSA) is 97.0 Å². The predicted molar refractivity (Wildman–Crippen MR) is 68.6 cm³/mol. The zero-order valence-electron chi connectivity index (χ0n) is 9.81. The van der Waals surface area contributed by atoms with Gasteiger partial charge in [-0.25, -0.2) is 4.98 Å². The SMILES string of the molecule is COc1cc(Cl)nc(NC(=O)c2ccc(=O)[nH]c2)n1. The van der Waals surface area contributed by atoms with Crippen molar-refractivity contribution in [1.29, 1.82) is 0 Å². The number of hydrogen-bond acceptors (Lipinski definition) is 5. The molecule has 0 atom stereocenters. The van der Waals surface area contributed by atoms with Gasteiger partial charge >= 0.3 is 0 Å². The number of nitrogens with one attached hydrogen (secondary N) is 2. The van der Waals surface area contributed by atoms with E-state index in [4.69, 9.17) is 16.3 Å². The van der Waals surface area contributed by atoms with E-state index in [1.54, 1.807) is 0 Å². The van der Waals surface area contributed by atoms with Gasteiger partial charge in [0.15, 0.2) is 0 Å². The number of aromatic nitrogens is 3. The molecule has 0 radical (unpaired) electrons. The number of carbonyl (C=O) groups is 1. The van der Waals surface area contributed by atoms with Crippen molar-refractivity contribution in [2.24, 2.45) is 0 Å².